The Morgan fingerprint density at radius 1 is 1.42 bits per heavy atom. The van der Waals surface area contributed by atoms with E-state index in [1.807, 2.05) is 6.92 Å². The van der Waals surface area contributed by atoms with Gasteiger partial charge in [-0.05, 0) is 32.3 Å². The molecule has 0 saturated carbocycles. The number of hydrogen-bond donors (Lipinski definition) is 0. The first-order chi connectivity index (χ1) is 11.5. The fraction of sp³-hybridized carbons (Fsp3) is 0.438. The molecule has 0 aliphatic carbocycles. The van der Waals surface area contributed by atoms with Crippen LogP contribution < -0.4 is 5.56 Å². The second-order valence-corrected chi connectivity index (χ2v) is 6.07. The van der Waals surface area contributed by atoms with Crippen LogP contribution in [0.15, 0.2) is 29.3 Å². The zero-order chi connectivity index (χ0) is 17.3. The average Bonchev–Trinajstić information content (AvgIpc) is 2.57. The summed E-state index contributed by atoms with van der Waals surface area (Å²) in [7, 11) is 0. The quantitative estimate of drug-likeness (QED) is 0.630. The monoisotopic (exact) mass is 330 g/mol. The highest BCUT2D eigenvalue weighted by atomic mass is 16.6. The number of benzene rings is 1. The molecule has 24 heavy (non-hydrogen) atoms. The molecule has 1 saturated heterocycles. The van der Waals surface area contributed by atoms with Crippen molar-refractivity contribution >= 4 is 22.5 Å². The van der Waals surface area contributed by atoms with Gasteiger partial charge in [0.2, 0.25) is 5.91 Å². The molecule has 1 aliphatic heterocycles. The van der Waals surface area contributed by atoms with Gasteiger partial charge in [0.15, 0.2) is 0 Å². The number of fused-ring (bicyclic) bond motifs is 1. The predicted molar refractivity (Wildman–Crippen MR) is 87.7 cm³/mol. The van der Waals surface area contributed by atoms with Crippen molar-refractivity contribution in [2.24, 2.45) is 0 Å². The summed E-state index contributed by atoms with van der Waals surface area (Å²) in [6, 6.07) is 4.09. The fourth-order valence-electron chi connectivity index (χ4n) is 3.08. The molecule has 3 rings (SSSR count). The lowest BCUT2D eigenvalue weighted by Gasteiger charge is -2.33. The number of rotatable bonds is 3. The molecule has 0 N–H and O–H groups in total. The number of hydrogen-bond acceptors (Lipinski definition) is 5. The molecule has 0 bridgehead atoms. The number of amides is 1. The van der Waals surface area contributed by atoms with Gasteiger partial charge >= 0.3 is 0 Å². The Morgan fingerprint density at radius 2 is 2.21 bits per heavy atom. The molecule has 1 aromatic heterocycles. The minimum absolute atomic E-state index is 0.0664. The van der Waals surface area contributed by atoms with Crippen LogP contribution in [0.4, 0.5) is 5.69 Å². The third kappa shape index (κ3) is 2.99. The van der Waals surface area contributed by atoms with Crippen molar-refractivity contribution in [2.45, 2.75) is 38.8 Å². The van der Waals surface area contributed by atoms with E-state index < -0.39 is 4.92 Å². The lowest BCUT2D eigenvalue weighted by Crippen LogP contribution is -2.44. The van der Waals surface area contributed by atoms with Crippen molar-refractivity contribution in [1.82, 2.24) is 14.5 Å². The molecule has 1 amide bonds. The maximum atomic E-state index is 12.5. The van der Waals surface area contributed by atoms with Crippen LogP contribution in [0.5, 0.6) is 0 Å². The number of piperidine rings is 1. The number of likely N-dealkylation sites (tertiary alicyclic amines) is 1. The smallest absolute Gasteiger partial charge is 0.271 e. The molecule has 0 unspecified atom stereocenters. The van der Waals surface area contributed by atoms with Crippen molar-refractivity contribution < 1.29 is 9.72 Å². The van der Waals surface area contributed by atoms with Gasteiger partial charge in [0.25, 0.3) is 11.2 Å². The van der Waals surface area contributed by atoms with Gasteiger partial charge in [-0.25, -0.2) is 4.98 Å². The van der Waals surface area contributed by atoms with Gasteiger partial charge in [-0.2, -0.15) is 0 Å². The number of nitrogens with zero attached hydrogens (tertiary/aromatic N) is 4. The number of non-ortho nitro benzene ring substituents is 1. The molecule has 0 radical (unpaired) electrons. The van der Waals surface area contributed by atoms with E-state index in [0.29, 0.717) is 6.54 Å². The van der Waals surface area contributed by atoms with Crippen molar-refractivity contribution in [2.75, 3.05) is 6.54 Å². The van der Waals surface area contributed by atoms with Crippen LogP contribution in [-0.4, -0.2) is 37.9 Å². The summed E-state index contributed by atoms with van der Waals surface area (Å²) in [6.07, 6.45) is 4.34. The number of aromatic nitrogens is 2. The van der Waals surface area contributed by atoms with Gasteiger partial charge in [-0.15, -0.1) is 0 Å². The largest absolute Gasteiger partial charge is 0.338 e. The van der Waals surface area contributed by atoms with Crippen LogP contribution >= 0.6 is 0 Å². The van der Waals surface area contributed by atoms with Crippen molar-refractivity contribution in [1.29, 1.82) is 0 Å². The Balaban J connectivity index is 1.89. The molecule has 1 aromatic carbocycles. The van der Waals surface area contributed by atoms with Gasteiger partial charge in [-0.1, -0.05) is 0 Å². The second-order valence-electron chi connectivity index (χ2n) is 6.07. The average molecular weight is 330 g/mol. The number of nitro benzene ring substituents is 1. The minimum Gasteiger partial charge on any atom is -0.338 e. The molecule has 0 spiro atoms. The molecule has 1 aliphatic rings. The first-order valence-electron chi connectivity index (χ1n) is 7.90. The van der Waals surface area contributed by atoms with E-state index in [-0.39, 0.29) is 40.6 Å². The molecular formula is C16H18N4O4. The molecule has 8 heteroatoms. The van der Waals surface area contributed by atoms with Gasteiger partial charge < -0.3 is 4.90 Å². The zero-order valence-electron chi connectivity index (χ0n) is 13.3. The third-order valence-corrected chi connectivity index (χ3v) is 4.45. The zero-order valence-corrected chi connectivity index (χ0v) is 13.3. The topological polar surface area (TPSA) is 98.3 Å². The highest BCUT2D eigenvalue weighted by molar-refractivity contribution is 5.81. The summed E-state index contributed by atoms with van der Waals surface area (Å²) in [6.45, 7) is 2.66. The van der Waals surface area contributed by atoms with Gasteiger partial charge in [0.05, 0.1) is 22.2 Å². The van der Waals surface area contributed by atoms with E-state index in [2.05, 4.69) is 4.98 Å². The Hall–Kier alpha value is -2.77. The van der Waals surface area contributed by atoms with Crippen LogP contribution in [0.25, 0.3) is 10.9 Å². The molecule has 2 aromatic rings. The normalized spacial score (nSPS) is 17.9. The van der Waals surface area contributed by atoms with Crippen LogP contribution in [0.2, 0.25) is 0 Å². The molecular weight excluding hydrogens is 312 g/mol. The standard InChI is InChI=1S/C16H18N4O4/c1-11-4-2-3-7-19(11)15(21)9-18-10-17-14-8-12(20(23)24)5-6-13(14)16(18)22/h5-6,8,10-11H,2-4,7,9H2,1H3/t11-/m1/s1. The minimum atomic E-state index is -0.534. The first kappa shape index (κ1) is 16.1. The number of carbonyl (C=O) groups is 1. The van der Waals surface area contributed by atoms with Gasteiger partial charge in [-0.3, -0.25) is 24.3 Å². The summed E-state index contributed by atoms with van der Waals surface area (Å²) >= 11 is 0. The molecule has 126 valence electrons. The summed E-state index contributed by atoms with van der Waals surface area (Å²) in [5, 5.41) is 11.1. The molecule has 1 fully saturated rings. The van der Waals surface area contributed by atoms with Crippen molar-refractivity contribution in [3.63, 3.8) is 0 Å². The van der Waals surface area contributed by atoms with Crippen molar-refractivity contribution in [3.8, 4) is 0 Å². The summed E-state index contributed by atoms with van der Waals surface area (Å²) < 4.78 is 1.26. The van der Waals surface area contributed by atoms with E-state index >= 15 is 0 Å². The number of carbonyl (C=O) groups excluding carboxylic acids is 1. The summed E-state index contributed by atoms with van der Waals surface area (Å²) in [4.78, 5) is 41.1. The van der Waals surface area contributed by atoms with Crippen LogP contribution in [0, 0.1) is 10.1 Å². The Labute approximate surface area is 137 Å². The Kier molecular flexibility index (Phi) is 4.28. The highest BCUT2D eigenvalue weighted by Crippen LogP contribution is 2.18. The third-order valence-electron chi connectivity index (χ3n) is 4.45. The first-order valence-corrected chi connectivity index (χ1v) is 7.90. The fourth-order valence-corrected chi connectivity index (χ4v) is 3.08. The van der Waals surface area contributed by atoms with Crippen LogP contribution in [0.3, 0.4) is 0 Å². The summed E-state index contributed by atoms with van der Waals surface area (Å²) in [5.41, 5.74) is -0.234. The van der Waals surface area contributed by atoms with E-state index in [1.165, 1.54) is 29.1 Å². The van der Waals surface area contributed by atoms with E-state index in [1.54, 1.807) is 4.90 Å². The van der Waals surface area contributed by atoms with Gasteiger partial charge in [0.1, 0.15) is 6.54 Å². The number of nitro groups is 1. The molecule has 1 atom stereocenters. The lowest BCUT2D eigenvalue weighted by atomic mass is 10.0. The van der Waals surface area contributed by atoms with Crippen LogP contribution in [-0.2, 0) is 11.3 Å². The molecule has 2 heterocycles. The SMILES string of the molecule is C[C@@H]1CCCCN1C(=O)Cn1cnc2cc([N+](=O)[O-])ccc2c1=O. The Bertz CT molecular complexity index is 861. The van der Waals surface area contributed by atoms with E-state index in [9.17, 15) is 19.7 Å². The Morgan fingerprint density at radius 3 is 2.92 bits per heavy atom. The maximum absolute atomic E-state index is 12.5. The summed E-state index contributed by atoms with van der Waals surface area (Å²) in [5.74, 6) is -0.104. The van der Waals surface area contributed by atoms with Crippen molar-refractivity contribution in [3.05, 3.63) is 45.0 Å². The van der Waals surface area contributed by atoms with E-state index in [4.69, 9.17) is 0 Å². The molecule has 8 nitrogen and oxygen atoms in total. The maximum Gasteiger partial charge on any atom is 0.271 e. The van der Waals surface area contributed by atoms with Gasteiger partial charge in [0, 0.05) is 24.7 Å². The van der Waals surface area contributed by atoms with E-state index in [0.717, 1.165) is 19.3 Å². The lowest BCUT2D eigenvalue weighted by molar-refractivity contribution is -0.384. The second kappa shape index (κ2) is 6.38. The van der Waals surface area contributed by atoms with Crippen LogP contribution in [0.1, 0.15) is 26.2 Å². The predicted octanol–water partition coefficient (Wildman–Crippen LogP) is 1.71. The highest BCUT2D eigenvalue weighted by Gasteiger charge is 2.23.